The van der Waals surface area contributed by atoms with E-state index in [1.807, 2.05) is 37.3 Å². The van der Waals surface area contributed by atoms with Gasteiger partial charge < -0.3 is 9.47 Å². The quantitative estimate of drug-likeness (QED) is 0.255. The first-order chi connectivity index (χ1) is 11.3. The third-order valence-corrected chi connectivity index (χ3v) is 5.11. The van der Waals surface area contributed by atoms with Crippen molar-refractivity contribution in [2.45, 2.75) is 25.9 Å². The molecule has 2 unspecified atom stereocenters. The number of carbonyl (C=O) groups is 1. The summed E-state index contributed by atoms with van der Waals surface area (Å²) in [7, 11) is -3.40. The number of hydrogen-bond acceptors (Lipinski definition) is 6. The molecule has 0 amide bonds. The Balaban J connectivity index is 2.91. The molecule has 1 rings (SSSR count). The third kappa shape index (κ3) is 7.26. The van der Waals surface area contributed by atoms with Crippen molar-refractivity contribution >= 4 is 24.7 Å². The molecule has 24 heavy (non-hydrogen) atoms. The van der Waals surface area contributed by atoms with Crippen LogP contribution >= 0.6 is 8.58 Å². The molecule has 6 nitrogen and oxygen atoms in total. The third-order valence-electron chi connectivity index (χ3n) is 3.19. The normalized spacial score (nSPS) is 14.6. The van der Waals surface area contributed by atoms with E-state index in [4.69, 9.17) is 13.7 Å². The van der Waals surface area contributed by atoms with Gasteiger partial charge in [-0.25, -0.2) is 4.79 Å². The maximum Gasteiger partial charge on any atom is 0.339 e. The Labute approximate surface area is 145 Å². The number of carbonyl (C=O) groups excluding carboxylic acids is 1. The SMILES string of the molecule is CCOC(=O)C(CPCOS(C)(=O)=O)(Cc1ccccc1)OCC. The van der Waals surface area contributed by atoms with E-state index in [1.165, 1.54) is 0 Å². The summed E-state index contributed by atoms with van der Waals surface area (Å²) < 4.78 is 37.9. The summed E-state index contributed by atoms with van der Waals surface area (Å²) in [6, 6.07) is 9.53. The zero-order chi connectivity index (χ0) is 18.1. The Kier molecular flexibility index (Phi) is 8.84. The average molecular weight is 376 g/mol. The summed E-state index contributed by atoms with van der Waals surface area (Å²) >= 11 is 0. The van der Waals surface area contributed by atoms with Crippen molar-refractivity contribution in [3.63, 3.8) is 0 Å². The zero-order valence-electron chi connectivity index (χ0n) is 14.3. The number of ether oxygens (including phenoxy) is 2. The largest absolute Gasteiger partial charge is 0.464 e. The summed E-state index contributed by atoms with van der Waals surface area (Å²) in [5.74, 6) is -0.428. The molecule has 0 fully saturated rings. The van der Waals surface area contributed by atoms with E-state index in [0.717, 1.165) is 11.8 Å². The first-order valence-electron chi connectivity index (χ1n) is 7.73. The van der Waals surface area contributed by atoms with Crippen molar-refractivity contribution in [3.05, 3.63) is 35.9 Å². The van der Waals surface area contributed by atoms with E-state index in [9.17, 15) is 13.2 Å². The monoisotopic (exact) mass is 376 g/mol. The molecule has 2 atom stereocenters. The number of esters is 1. The second kappa shape index (κ2) is 10.1. The first kappa shape index (κ1) is 21.0. The molecule has 1 aromatic carbocycles. The lowest BCUT2D eigenvalue weighted by atomic mass is 9.96. The van der Waals surface area contributed by atoms with Gasteiger partial charge in [0.2, 0.25) is 0 Å². The molecule has 0 heterocycles. The fraction of sp³-hybridized carbons (Fsp3) is 0.562. The Hall–Kier alpha value is -1.01. The van der Waals surface area contributed by atoms with Gasteiger partial charge in [0.1, 0.15) is 0 Å². The van der Waals surface area contributed by atoms with Crippen LogP contribution in [0.5, 0.6) is 0 Å². The van der Waals surface area contributed by atoms with Crippen molar-refractivity contribution in [1.82, 2.24) is 0 Å². The van der Waals surface area contributed by atoms with Gasteiger partial charge in [-0.05, 0) is 19.4 Å². The van der Waals surface area contributed by atoms with Crippen LogP contribution in [0.1, 0.15) is 19.4 Å². The summed E-state index contributed by atoms with van der Waals surface area (Å²) in [4.78, 5) is 12.5. The Bertz CT molecular complexity index is 604. The van der Waals surface area contributed by atoms with E-state index in [0.29, 0.717) is 19.2 Å². The summed E-state index contributed by atoms with van der Waals surface area (Å²) in [6.07, 6.45) is 1.74. The molecule has 8 heteroatoms. The first-order valence-corrected chi connectivity index (χ1v) is 11.0. The lowest BCUT2D eigenvalue weighted by Gasteiger charge is -2.31. The van der Waals surface area contributed by atoms with Gasteiger partial charge >= 0.3 is 5.97 Å². The molecule has 0 N–H and O–H groups in total. The van der Waals surface area contributed by atoms with Crippen LogP contribution in [0.15, 0.2) is 30.3 Å². The number of rotatable bonds is 11. The van der Waals surface area contributed by atoms with Crippen molar-refractivity contribution in [2.24, 2.45) is 0 Å². The van der Waals surface area contributed by atoms with Crippen LogP contribution in [0, 0.1) is 0 Å². The minimum atomic E-state index is -3.49. The predicted octanol–water partition coefficient (Wildman–Crippen LogP) is 2.18. The zero-order valence-corrected chi connectivity index (χ0v) is 16.1. The molecule has 0 spiro atoms. The molecule has 0 radical (unpaired) electrons. The van der Waals surface area contributed by atoms with Crippen molar-refractivity contribution < 1.29 is 26.9 Å². The van der Waals surface area contributed by atoms with Crippen LogP contribution in [0.2, 0.25) is 0 Å². The predicted molar refractivity (Wildman–Crippen MR) is 95.1 cm³/mol. The van der Waals surface area contributed by atoms with Crippen molar-refractivity contribution in [2.75, 3.05) is 32.0 Å². The van der Waals surface area contributed by atoms with Crippen LogP contribution in [0.25, 0.3) is 0 Å². The van der Waals surface area contributed by atoms with Gasteiger partial charge in [0, 0.05) is 19.2 Å². The molecule has 0 saturated heterocycles. The highest BCUT2D eigenvalue weighted by Gasteiger charge is 2.40. The molecule has 0 aliphatic carbocycles. The number of hydrogen-bond donors (Lipinski definition) is 0. The molecule has 0 aromatic heterocycles. The van der Waals surface area contributed by atoms with Gasteiger partial charge in [-0.1, -0.05) is 38.9 Å². The molecule has 0 bridgehead atoms. The fourth-order valence-corrected chi connectivity index (χ4v) is 4.30. The highest BCUT2D eigenvalue weighted by atomic mass is 32.2. The van der Waals surface area contributed by atoms with Crippen LogP contribution in [-0.4, -0.2) is 52.0 Å². The van der Waals surface area contributed by atoms with Crippen molar-refractivity contribution in [3.8, 4) is 0 Å². The lowest BCUT2D eigenvalue weighted by molar-refractivity contribution is -0.168. The van der Waals surface area contributed by atoms with Crippen LogP contribution < -0.4 is 0 Å². The van der Waals surface area contributed by atoms with Gasteiger partial charge in [-0.2, -0.15) is 8.42 Å². The Morgan fingerprint density at radius 1 is 1.17 bits per heavy atom. The molecule has 0 aliphatic rings. The van der Waals surface area contributed by atoms with E-state index in [1.54, 1.807) is 6.92 Å². The Morgan fingerprint density at radius 2 is 1.83 bits per heavy atom. The highest BCUT2D eigenvalue weighted by molar-refractivity contribution is 7.86. The van der Waals surface area contributed by atoms with Crippen LogP contribution in [0.3, 0.4) is 0 Å². The van der Waals surface area contributed by atoms with Crippen LogP contribution in [0.4, 0.5) is 0 Å². The summed E-state index contributed by atoms with van der Waals surface area (Å²) in [5.41, 5.74) is -0.182. The maximum absolute atomic E-state index is 12.5. The lowest BCUT2D eigenvalue weighted by Crippen LogP contribution is -2.47. The molecule has 0 aliphatic heterocycles. The summed E-state index contributed by atoms with van der Waals surface area (Å²) in [6.45, 7) is 4.16. The molecule has 136 valence electrons. The Morgan fingerprint density at radius 3 is 2.38 bits per heavy atom. The molecule has 1 aromatic rings. The fourth-order valence-electron chi connectivity index (χ4n) is 2.23. The second-order valence-electron chi connectivity index (χ2n) is 5.20. The van der Waals surface area contributed by atoms with E-state index in [2.05, 4.69) is 0 Å². The average Bonchev–Trinajstić information content (AvgIpc) is 2.52. The van der Waals surface area contributed by atoms with Gasteiger partial charge in [0.15, 0.2) is 5.60 Å². The van der Waals surface area contributed by atoms with Gasteiger partial charge in [-0.15, -0.1) is 0 Å². The maximum atomic E-state index is 12.5. The summed E-state index contributed by atoms with van der Waals surface area (Å²) in [5, 5.41) is 0. The van der Waals surface area contributed by atoms with E-state index in [-0.39, 0.29) is 21.5 Å². The molecular formula is C16H25O6PS. The minimum Gasteiger partial charge on any atom is -0.464 e. The van der Waals surface area contributed by atoms with Gasteiger partial charge in [-0.3, -0.25) is 4.18 Å². The highest BCUT2D eigenvalue weighted by Crippen LogP contribution is 2.28. The smallest absolute Gasteiger partial charge is 0.339 e. The standard InChI is InChI=1S/C16H25O6PS/c1-4-20-15(17)16(21-5-2,11-14-9-7-6-8-10-14)12-23-13-22-24(3,18)19/h6-10,23H,4-5,11-13H2,1-3H3. The minimum absolute atomic E-state index is 0.0296. The van der Waals surface area contributed by atoms with Crippen molar-refractivity contribution in [1.29, 1.82) is 0 Å². The van der Waals surface area contributed by atoms with Gasteiger partial charge in [0.25, 0.3) is 10.1 Å². The van der Waals surface area contributed by atoms with Crippen LogP contribution in [-0.2, 0) is 35.0 Å². The topological polar surface area (TPSA) is 78.9 Å². The molecular weight excluding hydrogens is 351 g/mol. The van der Waals surface area contributed by atoms with Gasteiger partial charge in [0.05, 0.1) is 19.2 Å². The van der Waals surface area contributed by atoms with E-state index >= 15 is 0 Å². The second-order valence-corrected chi connectivity index (χ2v) is 7.99. The molecule has 0 saturated carbocycles. The van der Waals surface area contributed by atoms with E-state index < -0.39 is 21.7 Å². The number of benzene rings is 1.